The minimum Gasteiger partial charge on any atom is -0.306 e. The van der Waals surface area contributed by atoms with Crippen LogP contribution in [0, 0.1) is 18.6 Å². The molecule has 3 aromatic rings. The maximum Gasteiger partial charge on any atom is 0.260 e. The number of carbonyl (C=O) groups excluding carboxylic acids is 1. The molecule has 5 nitrogen and oxygen atoms in total. The van der Waals surface area contributed by atoms with Crippen molar-refractivity contribution < 1.29 is 18.0 Å². The molecule has 9 heteroatoms. The Kier molecular flexibility index (Phi) is 5.46. The molecular formula is C18H14ClF3N4O. The van der Waals surface area contributed by atoms with Crippen molar-refractivity contribution >= 4 is 23.3 Å². The molecule has 0 aliphatic rings. The zero-order valence-corrected chi connectivity index (χ0v) is 14.8. The standard InChI is InChI=1S/C18H14ClF3N4O/c1-9-16(11-2-4-23-5-3-11)25-26-17(9)24-18(27)14(22)8-10-6-12(20)15(19)13(21)7-10/h2-7,14H,8H2,1H3,(H2,24,25,26,27)/t14-/m1/s1. The Morgan fingerprint density at radius 2 is 1.89 bits per heavy atom. The van der Waals surface area contributed by atoms with Crippen LogP contribution >= 0.6 is 11.6 Å². The van der Waals surface area contributed by atoms with E-state index in [0.29, 0.717) is 11.3 Å². The van der Waals surface area contributed by atoms with Crippen molar-refractivity contribution in [1.82, 2.24) is 15.2 Å². The minimum absolute atomic E-state index is 0.0201. The highest BCUT2D eigenvalue weighted by Crippen LogP contribution is 2.26. The van der Waals surface area contributed by atoms with E-state index in [1.54, 1.807) is 31.5 Å². The number of benzene rings is 1. The van der Waals surface area contributed by atoms with Crippen molar-refractivity contribution in [3.05, 3.63) is 64.4 Å². The number of aromatic nitrogens is 3. The lowest BCUT2D eigenvalue weighted by Gasteiger charge is -2.09. The van der Waals surface area contributed by atoms with Gasteiger partial charge in [-0.1, -0.05) is 11.6 Å². The van der Waals surface area contributed by atoms with Gasteiger partial charge >= 0.3 is 0 Å². The fraction of sp³-hybridized carbons (Fsp3) is 0.167. The summed E-state index contributed by atoms with van der Waals surface area (Å²) in [6.45, 7) is 1.71. The molecule has 3 rings (SSSR count). The quantitative estimate of drug-likeness (QED) is 0.636. The third-order valence-electron chi connectivity index (χ3n) is 3.96. The molecule has 2 aromatic heterocycles. The molecule has 1 aromatic carbocycles. The van der Waals surface area contributed by atoms with Gasteiger partial charge in [0.05, 0.1) is 5.69 Å². The van der Waals surface area contributed by atoms with Crippen LogP contribution in [0.15, 0.2) is 36.7 Å². The largest absolute Gasteiger partial charge is 0.306 e. The molecule has 0 saturated carbocycles. The van der Waals surface area contributed by atoms with Gasteiger partial charge in [-0.3, -0.25) is 14.9 Å². The van der Waals surface area contributed by atoms with E-state index in [0.717, 1.165) is 17.7 Å². The van der Waals surface area contributed by atoms with Crippen LogP contribution in [-0.2, 0) is 11.2 Å². The lowest BCUT2D eigenvalue weighted by atomic mass is 10.1. The van der Waals surface area contributed by atoms with Gasteiger partial charge in [-0.15, -0.1) is 0 Å². The number of rotatable bonds is 5. The number of aromatic amines is 1. The SMILES string of the molecule is Cc1c(NC(=O)[C@H](F)Cc2cc(F)c(Cl)c(F)c2)n[nH]c1-c1ccncc1. The lowest BCUT2D eigenvalue weighted by Crippen LogP contribution is -2.26. The van der Waals surface area contributed by atoms with Gasteiger partial charge in [0.15, 0.2) is 12.0 Å². The predicted octanol–water partition coefficient (Wildman–Crippen LogP) is 4.23. The molecule has 27 heavy (non-hydrogen) atoms. The third kappa shape index (κ3) is 4.11. The van der Waals surface area contributed by atoms with Crippen molar-refractivity contribution in [2.24, 2.45) is 0 Å². The maximum atomic E-state index is 14.3. The molecule has 1 amide bonds. The van der Waals surface area contributed by atoms with E-state index in [4.69, 9.17) is 11.6 Å². The van der Waals surface area contributed by atoms with Crippen molar-refractivity contribution in [3.63, 3.8) is 0 Å². The first-order valence-corrected chi connectivity index (χ1v) is 8.28. The summed E-state index contributed by atoms with van der Waals surface area (Å²) in [5, 5.41) is 8.46. The van der Waals surface area contributed by atoms with Crippen LogP contribution in [0.25, 0.3) is 11.3 Å². The summed E-state index contributed by atoms with van der Waals surface area (Å²) in [6, 6.07) is 5.31. The molecule has 0 aliphatic carbocycles. The lowest BCUT2D eigenvalue weighted by molar-refractivity contribution is -0.120. The van der Waals surface area contributed by atoms with Gasteiger partial charge in [-0.05, 0) is 36.8 Å². The molecule has 1 atom stereocenters. The van der Waals surface area contributed by atoms with Gasteiger partial charge in [-0.2, -0.15) is 5.10 Å². The Hall–Kier alpha value is -2.87. The molecule has 0 radical (unpaired) electrons. The van der Waals surface area contributed by atoms with Crippen LogP contribution in [0.5, 0.6) is 0 Å². The smallest absolute Gasteiger partial charge is 0.260 e. The summed E-state index contributed by atoms with van der Waals surface area (Å²) < 4.78 is 41.1. The highest BCUT2D eigenvalue weighted by Gasteiger charge is 2.22. The number of nitrogens with zero attached hydrogens (tertiary/aromatic N) is 2. The van der Waals surface area contributed by atoms with Crippen LogP contribution in [0.4, 0.5) is 19.0 Å². The molecule has 0 saturated heterocycles. The normalized spacial score (nSPS) is 12.0. The Balaban J connectivity index is 1.71. The average Bonchev–Trinajstić information content (AvgIpc) is 3.00. The van der Waals surface area contributed by atoms with Crippen molar-refractivity contribution in [1.29, 1.82) is 0 Å². The van der Waals surface area contributed by atoms with E-state index >= 15 is 0 Å². The molecular weight excluding hydrogens is 381 g/mol. The summed E-state index contributed by atoms with van der Waals surface area (Å²) in [5.74, 6) is -2.82. The minimum atomic E-state index is -2.02. The molecule has 2 N–H and O–H groups in total. The second-order valence-electron chi connectivity index (χ2n) is 5.84. The van der Waals surface area contributed by atoms with E-state index in [-0.39, 0.29) is 11.4 Å². The van der Waals surface area contributed by atoms with Crippen LogP contribution in [0.3, 0.4) is 0 Å². The Labute approximate surface area is 157 Å². The van der Waals surface area contributed by atoms with E-state index in [1.165, 1.54) is 0 Å². The average molecular weight is 395 g/mol. The molecule has 2 heterocycles. The zero-order chi connectivity index (χ0) is 19.6. The Morgan fingerprint density at radius 1 is 1.26 bits per heavy atom. The van der Waals surface area contributed by atoms with Gasteiger partial charge in [0.25, 0.3) is 5.91 Å². The summed E-state index contributed by atoms with van der Waals surface area (Å²) in [4.78, 5) is 16.0. The van der Waals surface area contributed by atoms with Gasteiger partial charge < -0.3 is 5.32 Å². The first kappa shape index (κ1) is 18.9. The Bertz CT molecular complexity index is 955. The number of anilines is 1. The summed E-state index contributed by atoms with van der Waals surface area (Å²) in [7, 11) is 0. The van der Waals surface area contributed by atoms with E-state index in [9.17, 15) is 18.0 Å². The number of nitrogens with one attached hydrogen (secondary N) is 2. The fourth-order valence-electron chi connectivity index (χ4n) is 2.54. The summed E-state index contributed by atoms with van der Waals surface area (Å²) in [5.41, 5.74) is 2.06. The number of hydrogen-bond acceptors (Lipinski definition) is 3. The maximum absolute atomic E-state index is 14.3. The first-order chi connectivity index (χ1) is 12.9. The highest BCUT2D eigenvalue weighted by atomic mass is 35.5. The number of carbonyl (C=O) groups is 1. The Morgan fingerprint density at radius 3 is 2.52 bits per heavy atom. The van der Waals surface area contributed by atoms with Gasteiger partial charge in [0.1, 0.15) is 16.7 Å². The number of pyridine rings is 1. The number of alkyl halides is 1. The third-order valence-corrected chi connectivity index (χ3v) is 4.32. The van der Waals surface area contributed by atoms with Crippen LogP contribution in [0.2, 0.25) is 5.02 Å². The van der Waals surface area contributed by atoms with Crippen LogP contribution in [-0.4, -0.2) is 27.3 Å². The van der Waals surface area contributed by atoms with Crippen LogP contribution in [0.1, 0.15) is 11.1 Å². The van der Waals surface area contributed by atoms with E-state index in [2.05, 4.69) is 20.5 Å². The second kappa shape index (κ2) is 7.79. The second-order valence-corrected chi connectivity index (χ2v) is 6.22. The zero-order valence-electron chi connectivity index (χ0n) is 14.1. The molecule has 0 aliphatic heterocycles. The van der Waals surface area contributed by atoms with Crippen molar-refractivity contribution in [2.45, 2.75) is 19.5 Å². The first-order valence-electron chi connectivity index (χ1n) is 7.90. The summed E-state index contributed by atoms with van der Waals surface area (Å²) in [6.07, 6.45) is 0.689. The van der Waals surface area contributed by atoms with Crippen molar-refractivity contribution in [2.75, 3.05) is 5.32 Å². The number of H-pyrrole nitrogens is 1. The number of amides is 1. The topological polar surface area (TPSA) is 70.7 Å². The number of halogens is 4. The van der Waals surface area contributed by atoms with Gasteiger partial charge in [-0.25, -0.2) is 13.2 Å². The monoisotopic (exact) mass is 394 g/mol. The van der Waals surface area contributed by atoms with Gasteiger partial charge in [0, 0.05) is 29.9 Å². The summed E-state index contributed by atoms with van der Waals surface area (Å²) >= 11 is 5.39. The predicted molar refractivity (Wildman–Crippen MR) is 95.2 cm³/mol. The molecule has 0 spiro atoms. The van der Waals surface area contributed by atoms with E-state index in [1.807, 2.05) is 0 Å². The fourth-order valence-corrected chi connectivity index (χ4v) is 2.65. The highest BCUT2D eigenvalue weighted by molar-refractivity contribution is 6.30. The molecule has 0 bridgehead atoms. The molecule has 0 fully saturated rings. The van der Waals surface area contributed by atoms with E-state index < -0.39 is 35.2 Å². The van der Waals surface area contributed by atoms with Gasteiger partial charge in [0.2, 0.25) is 0 Å². The van der Waals surface area contributed by atoms with Crippen LogP contribution < -0.4 is 5.32 Å². The molecule has 0 unspecified atom stereocenters. The number of hydrogen-bond donors (Lipinski definition) is 2. The molecule has 140 valence electrons. The van der Waals surface area contributed by atoms with Crippen molar-refractivity contribution in [3.8, 4) is 11.3 Å².